The van der Waals surface area contributed by atoms with E-state index in [1.807, 2.05) is 0 Å². The number of hydrogen-bond acceptors (Lipinski definition) is 2. The Bertz CT molecular complexity index is 450. The molecule has 20 heavy (non-hydrogen) atoms. The Labute approximate surface area is 120 Å². The van der Waals surface area contributed by atoms with Crippen LogP contribution in [0, 0.1) is 17.6 Å². The van der Waals surface area contributed by atoms with E-state index in [4.69, 9.17) is 5.73 Å². The highest BCUT2D eigenvalue weighted by atomic mass is 19.2. The quantitative estimate of drug-likeness (QED) is 0.916. The SMILES string of the molecule is CC1CCCC(N(C)CC(N)c2ccc(F)c(F)c2)C1. The van der Waals surface area contributed by atoms with Crippen LogP contribution < -0.4 is 5.73 Å². The van der Waals surface area contributed by atoms with E-state index in [0.717, 1.165) is 12.0 Å². The van der Waals surface area contributed by atoms with Gasteiger partial charge in [-0.2, -0.15) is 0 Å². The molecule has 0 bridgehead atoms. The second-order valence-corrected chi connectivity index (χ2v) is 6.15. The minimum atomic E-state index is -0.827. The normalized spacial score (nSPS) is 24.9. The predicted molar refractivity (Wildman–Crippen MR) is 77.3 cm³/mol. The summed E-state index contributed by atoms with van der Waals surface area (Å²) in [6.07, 6.45) is 4.96. The van der Waals surface area contributed by atoms with E-state index in [9.17, 15) is 8.78 Å². The van der Waals surface area contributed by atoms with E-state index in [1.54, 1.807) is 6.07 Å². The zero-order valence-corrected chi connectivity index (χ0v) is 12.3. The molecule has 0 radical (unpaired) electrons. The third-order valence-electron chi connectivity index (χ3n) is 4.39. The highest BCUT2D eigenvalue weighted by Gasteiger charge is 2.23. The van der Waals surface area contributed by atoms with Crippen molar-refractivity contribution in [2.24, 2.45) is 11.7 Å². The lowest BCUT2D eigenvalue weighted by Gasteiger charge is -2.35. The first-order chi connectivity index (χ1) is 9.47. The molecule has 1 aliphatic carbocycles. The number of nitrogens with zero attached hydrogens (tertiary/aromatic N) is 1. The maximum Gasteiger partial charge on any atom is 0.159 e. The Kier molecular flexibility index (Phi) is 5.11. The molecule has 4 heteroatoms. The molecule has 2 nitrogen and oxygen atoms in total. The van der Waals surface area contributed by atoms with Crippen molar-refractivity contribution >= 4 is 0 Å². The molecule has 1 aromatic rings. The molecule has 0 aliphatic heterocycles. The number of benzene rings is 1. The van der Waals surface area contributed by atoms with Crippen LogP contribution in [0.4, 0.5) is 8.78 Å². The van der Waals surface area contributed by atoms with E-state index >= 15 is 0 Å². The van der Waals surface area contributed by atoms with Crippen LogP contribution in [-0.4, -0.2) is 24.5 Å². The zero-order chi connectivity index (χ0) is 14.7. The van der Waals surface area contributed by atoms with Crippen molar-refractivity contribution in [2.45, 2.75) is 44.7 Å². The molecule has 112 valence electrons. The summed E-state index contributed by atoms with van der Waals surface area (Å²) < 4.78 is 26.2. The minimum absolute atomic E-state index is 0.285. The molecule has 0 saturated heterocycles. The lowest BCUT2D eigenvalue weighted by atomic mass is 9.86. The number of nitrogens with two attached hydrogens (primary N) is 1. The molecule has 1 aromatic carbocycles. The molecule has 0 heterocycles. The fourth-order valence-electron chi connectivity index (χ4n) is 3.11. The van der Waals surface area contributed by atoms with Crippen LogP contribution >= 0.6 is 0 Å². The average Bonchev–Trinajstić information content (AvgIpc) is 2.41. The maximum atomic E-state index is 13.2. The summed E-state index contributed by atoms with van der Waals surface area (Å²) in [4.78, 5) is 2.27. The number of halogens is 2. The largest absolute Gasteiger partial charge is 0.323 e. The molecule has 1 aliphatic rings. The van der Waals surface area contributed by atoms with E-state index < -0.39 is 11.6 Å². The number of hydrogen-bond donors (Lipinski definition) is 1. The summed E-state index contributed by atoms with van der Waals surface area (Å²) in [5, 5.41) is 0. The van der Waals surface area contributed by atoms with Gasteiger partial charge in [-0.25, -0.2) is 8.78 Å². The first-order valence-corrected chi connectivity index (χ1v) is 7.38. The topological polar surface area (TPSA) is 29.3 Å². The third-order valence-corrected chi connectivity index (χ3v) is 4.39. The monoisotopic (exact) mass is 282 g/mol. The summed E-state index contributed by atoms with van der Waals surface area (Å²) in [5.41, 5.74) is 6.78. The first-order valence-electron chi connectivity index (χ1n) is 7.38. The second-order valence-electron chi connectivity index (χ2n) is 6.15. The molecule has 3 unspecified atom stereocenters. The van der Waals surface area contributed by atoms with Crippen LogP contribution in [0.3, 0.4) is 0 Å². The summed E-state index contributed by atoms with van der Waals surface area (Å²) in [6, 6.07) is 4.19. The van der Waals surface area contributed by atoms with Crippen LogP contribution in [0.2, 0.25) is 0 Å². The van der Waals surface area contributed by atoms with Gasteiger partial charge in [0.05, 0.1) is 0 Å². The van der Waals surface area contributed by atoms with Crippen molar-refractivity contribution in [3.05, 3.63) is 35.4 Å². The molecule has 1 fully saturated rings. The van der Waals surface area contributed by atoms with Gasteiger partial charge in [-0.3, -0.25) is 0 Å². The maximum absolute atomic E-state index is 13.2. The minimum Gasteiger partial charge on any atom is -0.323 e. The summed E-state index contributed by atoms with van der Waals surface area (Å²) in [5.74, 6) is -0.891. The van der Waals surface area contributed by atoms with Crippen LogP contribution in [0.15, 0.2) is 18.2 Å². The number of rotatable bonds is 4. The van der Waals surface area contributed by atoms with E-state index in [2.05, 4.69) is 18.9 Å². The molecular formula is C16H24F2N2. The lowest BCUT2D eigenvalue weighted by molar-refractivity contribution is 0.156. The molecule has 2 rings (SSSR count). The average molecular weight is 282 g/mol. The van der Waals surface area contributed by atoms with Gasteiger partial charge in [-0.15, -0.1) is 0 Å². The molecular weight excluding hydrogens is 258 g/mol. The Hall–Kier alpha value is -1.00. The Morgan fingerprint density at radius 2 is 2.05 bits per heavy atom. The first kappa shape index (κ1) is 15.4. The molecule has 3 atom stereocenters. The standard InChI is InChI=1S/C16H24F2N2/c1-11-4-3-5-13(8-11)20(2)10-16(19)12-6-7-14(17)15(18)9-12/h6-7,9,11,13,16H,3-5,8,10,19H2,1-2H3. The summed E-state index contributed by atoms with van der Waals surface area (Å²) >= 11 is 0. The molecule has 0 aromatic heterocycles. The van der Waals surface area contributed by atoms with Crippen molar-refractivity contribution in [1.82, 2.24) is 4.90 Å². The highest BCUT2D eigenvalue weighted by molar-refractivity contribution is 5.21. The van der Waals surface area contributed by atoms with Crippen LogP contribution in [-0.2, 0) is 0 Å². The predicted octanol–water partition coefficient (Wildman–Crippen LogP) is 3.48. The van der Waals surface area contributed by atoms with Crippen molar-refractivity contribution in [3.8, 4) is 0 Å². The van der Waals surface area contributed by atoms with Crippen molar-refractivity contribution < 1.29 is 8.78 Å². The Morgan fingerprint density at radius 3 is 2.70 bits per heavy atom. The van der Waals surface area contributed by atoms with Gasteiger partial charge in [0.25, 0.3) is 0 Å². The third kappa shape index (κ3) is 3.76. The highest BCUT2D eigenvalue weighted by Crippen LogP contribution is 2.27. The van der Waals surface area contributed by atoms with E-state index in [1.165, 1.54) is 31.7 Å². The van der Waals surface area contributed by atoms with Crippen LogP contribution in [0.1, 0.15) is 44.2 Å². The van der Waals surface area contributed by atoms with Gasteiger partial charge in [-0.05, 0) is 43.5 Å². The van der Waals surface area contributed by atoms with Crippen LogP contribution in [0.25, 0.3) is 0 Å². The fourth-order valence-corrected chi connectivity index (χ4v) is 3.11. The van der Waals surface area contributed by atoms with Crippen molar-refractivity contribution in [1.29, 1.82) is 0 Å². The van der Waals surface area contributed by atoms with E-state index in [-0.39, 0.29) is 6.04 Å². The molecule has 1 saturated carbocycles. The second kappa shape index (κ2) is 6.64. The molecule has 0 spiro atoms. The van der Waals surface area contributed by atoms with E-state index in [0.29, 0.717) is 18.2 Å². The van der Waals surface area contributed by atoms with Gasteiger partial charge < -0.3 is 10.6 Å². The zero-order valence-electron chi connectivity index (χ0n) is 12.3. The van der Waals surface area contributed by atoms with Crippen LogP contribution in [0.5, 0.6) is 0 Å². The van der Waals surface area contributed by atoms with Gasteiger partial charge >= 0.3 is 0 Å². The molecule has 0 amide bonds. The van der Waals surface area contributed by atoms with Crippen molar-refractivity contribution in [2.75, 3.05) is 13.6 Å². The smallest absolute Gasteiger partial charge is 0.159 e. The Morgan fingerprint density at radius 1 is 1.30 bits per heavy atom. The molecule has 2 N–H and O–H groups in total. The van der Waals surface area contributed by atoms with Gasteiger partial charge in [-0.1, -0.05) is 25.8 Å². The van der Waals surface area contributed by atoms with Crippen molar-refractivity contribution in [3.63, 3.8) is 0 Å². The Balaban J connectivity index is 1.95. The van der Waals surface area contributed by atoms with Gasteiger partial charge in [0.15, 0.2) is 11.6 Å². The summed E-state index contributed by atoms with van der Waals surface area (Å²) in [6.45, 7) is 2.96. The lowest BCUT2D eigenvalue weighted by Crippen LogP contribution is -2.39. The van der Waals surface area contributed by atoms with Gasteiger partial charge in [0, 0.05) is 18.6 Å². The summed E-state index contributed by atoms with van der Waals surface area (Å²) in [7, 11) is 2.07. The number of likely N-dealkylation sites (N-methyl/N-ethyl adjacent to an activating group) is 1. The fraction of sp³-hybridized carbons (Fsp3) is 0.625. The van der Waals surface area contributed by atoms with Gasteiger partial charge in [0.1, 0.15) is 0 Å². The van der Waals surface area contributed by atoms with Gasteiger partial charge in [0.2, 0.25) is 0 Å².